The second-order valence-corrected chi connectivity index (χ2v) is 10.9. The molecule has 0 unspecified atom stereocenters. The number of halogens is 6. The van der Waals surface area contributed by atoms with Crippen molar-refractivity contribution in [1.82, 2.24) is 15.5 Å². The summed E-state index contributed by atoms with van der Waals surface area (Å²) in [6, 6.07) is 14.0. The Morgan fingerprint density at radius 2 is 1.30 bits per heavy atom. The predicted molar refractivity (Wildman–Crippen MR) is 181 cm³/mol. The van der Waals surface area contributed by atoms with Crippen molar-refractivity contribution in [2.45, 2.75) is 26.2 Å². The van der Waals surface area contributed by atoms with Crippen LogP contribution in [0.1, 0.15) is 40.9 Å². The van der Waals surface area contributed by atoms with Gasteiger partial charge in [0.1, 0.15) is 5.82 Å². The van der Waals surface area contributed by atoms with Crippen LogP contribution in [0.25, 0.3) is 11.5 Å². The third-order valence-electron chi connectivity index (χ3n) is 7.50. The average molecular weight is 711 g/mol. The molecule has 0 aliphatic carbocycles. The largest absolute Gasteiger partial charge is 0.416 e. The number of benzene rings is 3. The lowest BCUT2D eigenvalue weighted by molar-refractivity contribution is -0.143. The molecule has 1 amide bonds. The van der Waals surface area contributed by atoms with Crippen molar-refractivity contribution < 1.29 is 40.6 Å². The molecule has 2 aliphatic rings. The number of nitrogens with two attached hydrogens (primary N) is 2. The zero-order chi connectivity index (χ0) is 36.7. The molecule has 2 heterocycles. The van der Waals surface area contributed by atoms with Crippen LogP contribution in [0.5, 0.6) is 0 Å². The van der Waals surface area contributed by atoms with Crippen molar-refractivity contribution in [2.75, 3.05) is 71.0 Å². The number of hydrogen-bond acceptors (Lipinski definition) is 8. The first-order chi connectivity index (χ1) is 23.8. The topological polar surface area (TPSA) is 127 Å². The molecule has 3 aromatic rings. The van der Waals surface area contributed by atoms with E-state index in [4.69, 9.17) is 20.9 Å². The molecule has 3 aromatic carbocycles. The van der Waals surface area contributed by atoms with Gasteiger partial charge in [0.2, 0.25) is 0 Å². The number of rotatable bonds is 7. The van der Waals surface area contributed by atoms with E-state index >= 15 is 0 Å². The molecule has 50 heavy (non-hydrogen) atoms. The number of morpholine rings is 2. The number of carbonyl (C=O) groups is 1. The second-order valence-electron chi connectivity index (χ2n) is 10.9. The Labute approximate surface area is 287 Å². The minimum Gasteiger partial charge on any atom is -0.398 e. The molecular weight excluding hydrogens is 666 g/mol. The van der Waals surface area contributed by atoms with Crippen molar-refractivity contribution in [3.05, 3.63) is 99.4 Å². The molecule has 0 aromatic heterocycles. The average Bonchev–Trinajstić information content (AvgIpc) is 3.13. The SMILES string of the molecule is C1COCCN1.CC.N/C(c1ccc(C(=O)NCCN2CCOCC2)cc1)=c1/cccc/c1=C(/N)Nc1cc(C(F)(F)F)cc(C(F)(F)F)c1. The van der Waals surface area contributed by atoms with Crippen molar-refractivity contribution in [3.8, 4) is 0 Å². The molecular formula is C35H44F6N6O3. The molecule has 5 rings (SSSR count). The highest BCUT2D eigenvalue weighted by molar-refractivity contribution is 5.94. The zero-order valence-corrected chi connectivity index (χ0v) is 28.0. The number of ether oxygens (including phenoxy) is 2. The summed E-state index contributed by atoms with van der Waals surface area (Å²) in [5.74, 6) is -0.466. The Morgan fingerprint density at radius 1 is 0.780 bits per heavy atom. The van der Waals surface area contributed by atoms with E-state index < -0.39 is 29.2 Å². The summed E-state index contributed by atoms with van der Waals surface area (Å²) in [5.41, 5.74) is 10.3. The first-order valence-corrected chi connectivity index (χ1v) is 16.2. The fourth-order valence-electron chi connectivity index (χ4n) is 4.93. The molecule has 9 nitrogen and oxygen atoms in total. The van der Waals surface area contributed by atoms with Crippen LogP contribution in [-0.4, -0.2) is 76.5 Å². The molecule has 0 bridgehead atoms. The van der Waals surface area contributed by atoms with E-state index in [0.29, 0.717) is 54.8 Å². The molecule has 274 valence electrons. The lowest BCUT2D eigenvalue weighted by atomic mass is 10.1. The summed E-state index contributed by atoms with van der Waals surface area (Å²) < 4.78 is 90.0. The van der Waals surface area contributed by atoms with Gasteiger partial charge >= 0.3 is 12.4 Å². The molecule has 0 radical (unpaired) electrons. The minimum absolute atomic E-state index is 0.0368. The highest BCUT2D eigenvalue weighted by Gasteiger charge is 2.37. The van der Waals surface area contributed by atoms with Gasteiger partial charge in [-0.2, -0.15) is 26.3 Å². The van der Waals surface area contributed by atoms with Gasteiger partial charge in [-0.3, -0.25) is 9.69 Å². The third-order valence-corrected chi connectivity index (χ3v) is 7.50. The minimum atomic E-state index is -5.01. The van der Waals surface area contributed by atoms with E-state index in [-0.39, 0.29) is 28.7 Å². The van der Waals surface area contributed by atoms with Gasteiger partial charge in [-0.05, 0) is 35.9 Å². The van der Waals surface area contributed by atoms with Crippen LogP contribution >= 0.6 is 0 Å². The number of hydrogen-bond donors (Lipinski definition) is 5. The number of amides is 1. The standard InChI is InChI=1S/C29H29F6N5O2.C4H9NO.C2H6/c30-28(31,32)20-15-21(29(33,34)35)17-22(16-20)39-26(37)24-4-2-1-3-23(24)25(36)18-5-7-19(8-6-18)27(41)38-9-10-40-11-13-42-14-12-40;1-3-6-4-2-5-1;1-2/h1-8,15-17,39H,9-14,36-37H2,(H,38,41);5H,1-4H2;1-2H3/b25-23-,26-24+;;. The molecule has 0 atom stereocenters. The first-order valence-electron chi connectivity index (χ1n) is 16.2. The number of nitrogens with one attached hydrogen (secondary N) is 3. The Morgan fingerprint density at radius 3 is 1.80 bits per heavy atom. The first kappa shape index (κ1) is 40.1. The second kappa shape index (κ2) is 19.2. The summed E-state index contributed by atoms with van der Waals surface area (Å²) in [6.45, 7) is 12.0. The molecule has 15 heteroatoms. The zero-order valence-electron chi connectivity index (χ0n) is 28.0. The van der Waals surface area contributed by atoms with Crippen LogP contribution < -0.4 is 37.9 Å². The number of alkyl halides is 6. The van der Waals surface area contributed by atoms with E-state index in [9.17, 15) is 31.1 Å². The van der Waals surface area contributed by atoms with E-state index in [1.807, 2.05) is 13.8 Å². The third kappa shape index (κ3) is 12.2. The fraction of sp³-hybridized carbons (Fsp3) is 0.400. The van der Waals surface area contributed by atoms with Gasteiger partial charge in [0.05, 0.1) is 37.6 Å². The van der Waals surface area contributed by atoms with Crippen molar-refractivity contribution in [3.63, 3.8) is 0 Å². The normalized spacial score (nSPS) is 16.5. The smallest absolute Gasteiger partial charge is 0.398 e. The van der Waals surface area contributed by atoms with E-state index in [1.165, 1.54) is 6.07 Å². The molecule has 2 saturated heterocycles. The number of nitrogens with zero attached hydrogens (tertiary/aromatic N) is 1. The maximum Gasteiger partial charge on any atom is 0.416 e. The summed E-state index contributed by atoms with van der Waals surface area (Å²) in [6.07, 6.45) is -10.0. The van der Waals surface area contributed by atoms with Crippen LogP contribution in [0.15, 0.2) is 66.7 Å². The van der Waals surface area contributed by atoms with Gasteiger partial charge in [-0.25, -0.2) is 0 Å². The Bertz CT molecular complexity index is 1590. The Kier molecular flexibility index (Phi) is 15.4. The Hall–Kier alpha value is -4.31. The summed E-state index contributed by atoms with van der Waals surface area (Å²) >= 11 is 0. The van der Waals surface area contributed by atoms with Gasteiger partial charge < -0.3 is 36.9 Å². The number of carbonyl (C=O) groups excluding carboxylic acids is 1. The van der Waals surface area contributed by atoms with Gasteiger partial charge in [0.25, 0.3) is 5.91 Å². The highest BCUT2D eigenvalue weighted by Crippen LogP contribution is 2.37. The van der Waals surface area contributed by atoms with Crippen molar-refractivity contribution in [2.24, 2.45) is 11.5 Å². The van der Waals surface area contributed by atoms with Crippen LogP contribution in [-0.2, 0) is 21.8 Å². The lowest BCUT2D eigenvalue weighted by Crippen LogP contribution is -2.41. The monoisotopic (exact) mass is 710 g/mol. The van der Waals surface area contributed by atoms with Crippen LogP contribution in [0, 0.1) is 0 Å². The van der Waals surface area contributed by atoms with Gasteiger partial charge in [-0.15, -0.1) is 0 Å². The van der Waals surface area contributed by atoms with Crippen molar-refractivity contribution in [1.29, 1.82) is 0 Å². The van der Waals surface area contributed by atoms with Gasteiger partial charge in [0, 0.05) is 66.7 Å². The summed E-state index contributed by atoms with van der Waals surface area (Å²) in [4.78, 5) is 14.8. The maximum atomic E-state index is 13.3. The number of anilines is 1. The summed E-state index contributed by atoms with van der Waals surface area (Å²) in [7, 11) is 0. The molecule has 0 spiro atoms. The molecule has 7 N–H and O–H groups in total. The molecule has 2 aliphatic heterocycles. The fourth-order valence-corrected chi connectivity index (χ4v) is 4.93. The lowest BCUT2D eigenvalue weighted by Gasteiger charge is -2.26. The van der Waals surface area contributed by atoms with Crippen LogP contribution in [0.2, 0.25) is 0 Å². The summed E-state index contributed by atoms with van der Waals surface area (Å²) in [5, 5.41) is 9.13. The van der Waals surface area contributed by atoms with E-state index in [2.05, 4.69) is 20.9 Å². The van der Waals surface area contributed by atoms with Crippen molar-refractivity contribution >= 4 is 23.1 Å². The van der Waals surface area contributed by atoms with Crippen LogP contribution in [0.3, 0.4) is 0 Å². The molecule has 0 saturated carbocycles. The highest BCUT2D eigenvalue weighted by atomic mass is 19.4. The van der Waals surface area contributed by atoms with E-state index in [0.717, 1.165) is 39.4 Å². The van der Waals surface area contributed by atoms with Gasteiger partial charge in [0.15, 0.2) is 0 Å². The Balaban J connectivity index is 0.000000752. The van der Waals surface area contributed by atoms with E-state index in [1.54, 1.807) is 42.5 Å². The quantitative estimate of drug-likeness (QED) is 0.236. The predicted octanol–water partition coefficient (Wildman–Crippen LogP) is 3.67. The van der Waals surface area contributed by atoms with Gasteiger partial charge in [-0.1, -0.05) is 50.2 Å². The maximum absolute atomic E-state index is 13.3. The van der Waals surface area contributed by atoms with Crippen LogP contribution in [0.4, 0.5) is 32.0 Å². The molecule has 2 fully saturated rings.